The molecule has 0 amide bonds. The molecule has 10 aromatic rings. The molecule has 0 unspecified atom stereocenters. The van der Waals surface area contributed by atoms with Crippen molar-refractivity contribution in [2.75, 3.05) is 4.90 Å². The third kappa shape index (κ3) is 4.65. The lowest BCUT2D eigenvalue weighted by Crippen LogP contribution is -2.10. The maximum absolute atomic E-state index is 2.43. The van der Waals surface area contributed by atoms with Crippen LogP contribution < -0.4 is 4.90 Å². The van der Waals surface area contributed by atoms with E-state index >= 15 is 0 Å². The van der Waals surface area contributed by atoms with Gasteiger partial charge in [0.1, 0.15) is 0 Å². The molecule has 1 aromatic heterocycles. The molecule has 2 nitrogen and oxygen atoms in total. The van der Waals surface area contributed by atoms with Gasteiger partial charge in [-0.25, -0.2) is 0 Å². The van der Waals surface area contributed by atoms with Crippen LogP contribution in [-0.4, -0.2) is 4.57 Å². The summed E-state index contributed by atoms with van der Waals surface area (Å²) in [4.78, 5) is 2.39. The SMILES string of the molecule is c1ccc(-c2ccc(N(c3ccc4ccccc4c3)c3ccc4c(c3)c3c5ccccc5ccc3n4-c3ccc4ccccc4c3)cc2)cc1. The van der Waals surface area contributed by atoms with Crippen LogP contribution in [0.1, 0.15) is 0 Å². The van der Waals surface area contributed by atoms with Crippen LogP contribution in [0.15, 0.2) is 194 Å². The highest BCUT2D eigenvalue weighted by Gasteiger charge is 2.19. The van der Waals surface area contributed by atoms with Crippen LogP contribution in [0.2, 0.25) is 0 Å². The zero-order valence-corrected chi connectivity index (χ0v) is 27.4. The van der Waals surface area contributed by atoms with Crippen molar-refractivity contribution in [2.24, 2.45) is 0 Å². The lowest BCUT2D eigenvalue weighted by Gasteiger charge is -2.26. The van der Waals surface area contributed by atoms with E-state index < -0.39 is 0 Å². The Labute approximate surface area is 290 Å². The Balaban J connectivity index is 1.22. The van der Waals surface area contributed by atoms with Gasteiger partial charge in [-0.15, -0.1) is 0 Å². The summed E-state index contributed by atoms with van der Waals surface area (Å²) in [5.41, 5.74) is 9.32. The minimum Gasteiger partial charge on any atom is -0.310 e. The molecule has 1 heterocycles. The zero-order chi connectivity index (χ0) is 33.0. The van der Waals surface area contributed by atoms with Crippen molar-refractivity contribution in [2.45, 2.75) is 0 Å². The number of nitrogens with zero attached hydrogens (tertiary/aromatic N) is 2. The molecular weight excluding hydrogens is 605 g/mol. The Kier molecular flexibility index (Phi) is 6.53. The van der Waals surface area contributed by atoms with Crippen molar-refractivity contribution in [1.29, 1.82) is 0 Å². The molecule has 0 radical (unpaired) electrons. The molecule has 10 rings (SSSR count). The molecule has 0 spiro atoms. The lowest BCUT2D eigenvalue weighted by molar-refractivity contribution is 1.18. The maximum atomic E-state index is 2.43. The van der Waals surface area contributed by atoms with E-state index in [1.807, 2.05) is 0 Å². The van der Waals surface area contributed by atoms with E-state index in [9.17, 15) is 0 Å². The van der Waals surface area contributed by atoms with Gasteiger partial charge in [0, 0.05) is 33.5 Å². The summed E-state index contributed by atoms with van der Waals surface area (Å²) >= 11 is 0. The second-order valence-corrected chi connectivity index (χ2v) is 13.0. The number of hydrogen-bond donors (Lipinski definition) is 0. The molecule has 0 saturated carbocycles. The molecule has 0 aliphatic carbocycles. The largest absolute Gasteiger partial charge is 0.310 e. The van der Waals surface area contributed by atoms with Crippen LogP contribution in [0, 0.1) is 0 Å². The smallest absolute Gasteiger partial charge is 0.0547 e. The van der Waals surface area contributed by atoms with Crippen molar-refractivity contribution in [1.82, 2.24) is 4.57 Å². The topological polar surface area (TPSA) is 8.17 Å². The molecule has 9 aromatic carbocycles. The van der Waals surface area contributed by atoms with Gasteiger partial charge in [-0.3, -0.25) is 0 Å². The Morgan fingerprint density at radius 3 is 1.64 bits per heavy atom. The van der Waals surface area contributed by atoms with Crippen LogP contribution in [0.5, 0.6) is 0 Å². The number of fused-ring (bicyclic) bond motifs is 7. The Morgan fingerprint density at radius 1 is 0.320 bits per heavy atom. The molecule has 234 valence electrons. The standard InChI is InChI=1S/C48H32N2/c1-2-10-33(11-3-1)36-18-23-40(24-19-36)49(41-25-20-34-12-4-6-15-38(34)30-41)43-27-29-46-45(32-43)48-44-17-9-8-14-37(44)22-28-47(48)50(46)42-26-21-35-13-5-7-16-39(35)31-42/h1-32H. The summed E-state index contributed by atoms with van der Waals surface area (Å²) in [5, 5.41) is 9.93. The van der Waals surface area contributed by atoms with E-state index in [1.54, 1.807) is 0 Å². The number of aromatic nitrogens is 1. The maximum Gasteiger partial charge on any atom is 0.0547 e. The number of anilines is 3. The average molecular weight is 637 g/mol. The number of benzene rings is 9. The van der Waals surface area contributed by atoms with Gasteiger partial charge in [0.2, 0.25) is 0 Å². The van der Waals surface area contributed by atoms with Crippen molar-refractivity contribution in [3.63, 3.8) is 0 Å². The van der Waals surface area contributed by atoms with Gasteiger partial charge in [0.05, 0.1) is 11.0 Å². The highest BCUT2D eigenvalue weighted by Crippen LogP contribution is 2.43. The second kappa shape index (κ2) is 11.5. The quantitative estimate of drug-likeness (QED) is 0.182. The van der Waals surface area contributed by atoms with Crippen molar-refractivity contribution in [3.8, 4) is 16.8 Å². The third-order valence-corrected chi connectivity index (χ3v) is 10.1. The first kappa shape index (κ1) is 28.4. The number of hydrogen-bond acceptors (Lipinski definition) is 1. The second-order valence-electron chi connectivity index (χ2n) is 13.0. The average Bonchev–Trinajstić information content (AvgIpc) is 3.52. The van der Waals surface area contributed by atoms with Crippen molar-refractivity contribution >= 4 is 71.2 Å². The van der Waals surface area contributed by atoms with E-state index in [2.05, 4.69) is 204 Å². The Bertz CT molecular complexity index is 2860. The first-order valence-corrected chi connectivity index (χ1v) is 17.2. The molecule has 0 aliphatic heterocycles. The van der Waals surface area contributed by atoms with Crippen LogP contribution in [0.25, 0.3) is 70.9 Å². The lowest BCUT2D eigenvalue weighted by atomic mass is 10.0. The Morgan fingerprint density at radius 2 is 0.860 bits per heavy atom. The number of rotatable bonds is 5. The first-order chi connectivity index (χ1) is 24.8. The van der Waals surface area contributed by atoms with E-state index in [4.69, 9.17) is 0 Å². The molecule has 0 atom stereocenters. The minimum atomic E-state index is 1.11. The van der Waals surface area contributed by atoms with Crippen LogP contribution in [0.3, 0.4) is 0 Å². The predicted molar refractivity (Wildman–Crippen MR) is 213 cm³/mol. The molecule has 50 heavy (non-hydrogen) atoms. The fourth-order valence-corrected chi connectivity index (χ4v) is 7.71. The summed E-state index contributed by atoms with van der Waals surface area (Å²) in [7, 11) is 0. The molecule has 0 saturated heterocycles. The summed E-state index contributed by atoms with van der Waals surface area (Å²) in [6.45, 7) is 0. The normalized spacial score (nSPS) is 11.6. The van der Waals surface area contributed by atoms with Gasteiger partial charge in [-0.05, 0) is 104 Å². The van der Waals surface area contributed by atoms with Crippen LogP contribution in [-0.2, 0) is 0 Å². The van der Waals surface area contributed by atoms with Crippen molar-refractivity contribution in [3.05, 3.63) is 194 Å². The highest BCUT2D eigenvalue weighted by molar-refractivity contribution is 6.22. The van der Waals surface area contributed by atoms with Gasteiger partial charge in [-0.2, -0.15) is 0 Å². The van der Waals surface area contributed by atoms with E-state index in [0.717, 1.165) is 22.7 Å². The molecule has 0 aliphatic rings. The summed E-state index contributed by atoms with van der Waals surface area (Å²) in [6.07, 6.45) is 0. The molecule has 0 bridgehead atoms. The molecule has 0 N–H and O–H groups in total. The molecule has 0 fully saturated rings. The third-order valence-electron chi connectivity index (χ3n) is 10.1. The molecular formula is C48H32N2. The van der Waals surface area contributed by atoms with Gasteiger partial charge in [-0.1, -0.05) is 133 Å². The fraction of sp³-hybridized carbons (Fsp3) is 0. The monoisotopic (exact) mass is 636 g/mol. The van der Waals surface area contributed by atoms with E-state index in [-0.39, 0.29) is 0 Å². The molecule has 2 heteroatoms. The Hall–Kier alpha value is -6.64. The summed E-state index contributed by atoms with van der Waals surface area (Å²) in [5.74, 6) is 0. The van der Waals surface area contributed by atoms with Gasteiger partial charge >= 0.3 is 0 Å². The predicted octanol–water partition coefficient (Wildman–Crippen LogP) is 13.4. The van der Waals surface area contributed by atoms with E-state index in [1.165, 1.54) is 65.3 Å². The van der Waals surface area contributed by atoms with Crippen LogP contribution in [0.4, 0.5) is 17.1 Å². The highest BCUT2D eigenvalue weighted by atomic mass is 15.1. The summed E-state index contributed by atoms with van der Waals surface area (Å²) < 4.78 is 2.43. The fourth-order valence-electron chi connectivity index (χ4n) is 7.71. The van der Waals surface area contributed by atoms with Crippen LogP contribution >= 0.6 is 0 Å². The van der Waals surface area contributed by atoms with Gasteiger partial charge in [0.25, 0.3) is 0 Å². The first-order valence-electron chi connectivity index (χ1n) is 17.2. The van der Waals surface area contributed by atoms with E-state index in [0.29, 0.717) is 0 Å². The van der Waals surface area contributed by atoms with Crippen molar-refractivity contribution < 1.29 is 0 Å². The van der Waals surface area contributed by atoms with Gasteiger partial charge < -0.3 is 9.47 Å². The summed E-state index contributed by atoms with van der Waals surface area (Å²) in [6, 6.07) is 70.6. The minimum absolute atomic E-state index is 1.11. The zero-order valence-electron chi connectivity index (χ0n) is 27.4. The van der Waals surface area contributed by atoms with Gasteiger partial charge in [0.15, 0.2) is 0 Å².